The molecule has 10 heteroatoms. The second-order valence-electron chi connectivity index (χ2n) is 3.35. The van der Waals surface area contributed by atoms with Crippen molar-refractivity contribution in [1.29, 1.82) is 0 Å². The van der Waals surface area contributed by atoms with E-state index >= 15 is 0 Å². The molecule has 0 aromatic carbocycles. The molecule has 19 heavy (non-hydrogen) atoms. The fourth-order valence-corrected chi connectivity index (χ4v) is 2.46. The van der Waals surface area contributed by atoms with Crippen LogP contribution in [0.1, 0.15) is 0 Å². The highest BCUT2D eigenvalue weighted by Gasteiger charge is 2.18. The molecule has 0 saturated heterocycles. The summed E-state index contributed by atoms with van der Waals surface area (Å²) in [5, 5.41) is -0.138. The molecule has 0 fully saturated rings. The monoisotopic (exact) mass is 319 g/mol. The lowest BCUT2D eigenvalue weighted by molar-refractivity contribution is 0.600. The molecule has 2 heterocycles. The van der Waals surface area contributed by atoms with E-state index in [0.717, 1.165) is 12.5 Å². The first-order valence-electron chi connectivity index (χ1n) is 4.80. The molecule has 2 rings (SSSR count). The van der Waals surface area contributed by atoms with Gasteiger partial charge in [0.05, 0.1) is 0 Å². The third-order valence-corrected chi connectivity index (χ3v) is 4.11. The van der Waals surface area contributed by atoms with E-state index in [-0.39, 0.29) is 26.7 Å². The average molecular weight is 320 g/mol. The molecule has 0 aliphatic rings. The Morgan fingerprint density at radius 2 is 1.89 bits per heavy atom. The molecule has 0 aliphatic heterocycles. The van der Waals surface area contributed by atoms with Gasteiger partial charge in [-0.15, -0.1) is 0 Å². The standard InChI is InChI=1S/C9H7Cl2N5O2S/c10-7-8(11)14-4-15-9(7)16-19(17,18)5-1-2-6(12)13-3-5/h1-4H,(H2,12,13)(H,14,15,16). The zero-order chi connectivity index (χ0) is 14.0. The molecule has 0 bridgehead atoms. The van der Waals surface area contributed by atoms with Gasteiger partial charge in [0.2, 0.25) is 0 Å². The third-order valence-electron chi connectivity index (χ3n) is 2.05. The number of sulfonamides is 1. The normalized spacial score (nSPS) is 11.3. The minimum absolute atomic E-state index is 0.0511. The highest BCUT2D eigenvalue weighted by molar-refractivity contribution is 7.92. The summed E-state index contributed by atoms with van der Waals surface area (Å²) >= 11 is 11.5. The van der Waals surface area contributed by atoms with Crippen LogP contribution in [0.2, 0.25) is 10.2 Å². The molecule has 0 atom stereocenters. The van der Waals surface area contributed by atoms with Gasteiger partial charge in [-0.1, -0.05) is 23.2 Å². The molecular weight excluding hydrogens is 313 g/mol. The second kappa shape index (κ2) is 5.16. The van der Waals surface area contributed by atoms with Crippen LogP contribution in [0.3, 0.4) is 0 Å². The lowest BCUT2D eigenvalue weighted by Crippen LogP contribution is -2.15. The first-order chi connectivity index (χ1) is 8.90. The van der Waals surface area contributed by atoms with Crippen LogP contribution >= 0.6 is 23.2 Å². The first-order valence-corrected chi connectivity index (χ1v) is 7.04. The molecule has 7 nitrogen and oxygen atoms in total. The fourth-order valence-electron chi connectivity index (χ4n) is 1.16. The predicted molar refractivity (Wildman–Crippen MR) is 71.5 cm³/mol. The van der Waals surface area contributed by atoms with Crippen molar-refractivity contribution in [3.8, 4) is 0 Å². The van der Waals surface area contributed by atoms with Crippen LogP contribution < -0.4 is 10.5 Å². The number of rotatable bonds is 3. The number of aromatic nitrogens is 3. The quantitative estimate of drug-likeness (QED) is 0.830. The molecule has 0 spiro atoms. The number of nitrogens with one attached hydrogen (secondary N) is 1. The topological polar surface area (TPSA) is 111 Å². The van der Waals surface area contributed by atoms with Crippen LogP contribution in [-0.4, -0.2) is 23.4 Å². The molecular formula is C9H7Cl2N5O2S. The van der Waals surface area contributed by atoms with Crippen molar-refractivity contribution in [2.45, 2.75) is 4.90 Å². The summed E-state index contributed by atoms with van der Waals surface area (Å²) in [6, 6.07) is 2.67. The van der Waals surface area contributed by atoms with E-state index in [1.165, 1.54) is 12.1 Å². The van der Waals surface area contributed by atoms with Crippen LogP contribution in [0.4, 0.5) is 11.6 Å². The van der Waals surface area contributed by atoms with Gasteiger partial charge < -0.3 is 5.73 Å². The smallest absolute Gasteiger partial charge is 0.264 e. The minimum Gasteiger partial charge on any atom is -0.384 e. The van der Waals surface area contributed by atoms with Crippen molar-refractivity contribution in [3.63, 3.8) is 0 Å². The van der Waals surface area contributed by atoms with E-state index in [0.29, 0.717) is 0 Å². The average Bonchev–Trinajstić information content (AvgIpc) is 2.35. The van der Waals surface area contributed by atoms with E-state index < -0.39 is 10.0 Å². The van der Waals surface area contributed by atoms with Gasteiger partial charge in [0.1, 0.15) is 22.1 Å². The molecule has 2 aromatic heterocycles. The number of pyridine rings is 1. The SMILES string of the molecule is Nc1ccc(S(=O)(=O)Nc2ncnc(Cl)c2Cl)cn1. The van der Waals surface area contributed by atoms with Crippen LogP contribution in [0.5, 0.6) is 0 Å². The molecule has 100 valence electrons. The van der Waals surface area contributed by atoms with Gasteiger partial charge in [-0.2, -0.15) is 0 Å². The lowest BCUT2D eigenvalue weighted by atomic mass is 10.5. The van der Waals surface area contributed by atoms with Gasteiger partial charge in [0.25, 0.3) is 10.0 Å². The van der Waals surface area contributed by atoms with E-state index in [1.54, 1.807) is 0 Å². The Labute approximate surface area is 118 Å². The number of nitrogens with two attached hydrogens (primary N) is 1. The van der Waals surface area contributed by atoms with E-state index in [9.17, 15) is 8.42 Å². The fraction of sp³-hybridized carbons (Fsp3) is 0. The number of hydrogen-bond acceptors (Lipinski definition) is 6. The largest absolute Gasteiger partial charge is 0.384 e. The van der Waals surface area contributed by atoms with Crippen molar-refractivity contribution in [2.24, 2.45) is 0 Å². The van der Waals surface area contributed by atoms with Crippen molar-refractivity contribution < 1.29 is 8.42 Å². The third kappa shape index (κ3) is 3.03. The summed E-state index contributed by atoms with van der Waals surface area (Å²) in [5.41, 5.74) is 5.38. The maximum atomic E-state index is 12.0. The summed E-state index contributed by atoms with van der Waals surface area (Å²) in [4.78, 5) is 10.9. The first kappa shape index (κ1) is 13.8. The molecule has 3 N–H and O–H groups in total. The van der Waals surface area contributed by atoms with E-state index in [4.69, 9.17) is 28.9 Å². The Hall–Kier alpha value is -1.64. The zero-order valence-corrected chi connectivity index (χ0v) is 11.5. The highest BCUT2D eigenvalue weighted by Crippen LogP contribution is 2.27. The highest BCUT2D eigenvalue weighted by atomic mass is 35.5. The second-order valence-corrected chi connectivity index (χ2v) is 5.77. The van der Waals surface area contributed by atoms with E-state index in [2.05, 4.69) is 19.7 Å². The molecule has 0 saturated carbocycles. The van der Waals surface area contributed by atoms with Gasteiger partial charge in [-0.25, -0.2) is 23.4 Å². The van der Waals surface area contributed by atoms with Crippen LogP contribution in [0.25, 0.3) is 0 Å². The minimum atomic E-state index is -3.87. The maximum Gasteiger partial charge on any atom is 0.264 e. The lowest BCUT2D eigenvalue weighted by Gasteiger charge is -2.08. The van der Waals surface area contributed by atoms with Crippen molar-refractivity contribution in [1.82, 2.24) is 15.0 Å². The summed E-state index contributed by atoms with van der Waals surface area (Å²) < 4.78 is 26.2. The maximum absolute atomic E-state index is 12.0. The summed E-state index contributed by atoms with van der Waals surface area (Å²) in [5.74, 6) is 0.0977. The molecule has 2 aromatic rings. The van der Waals surface area contributed by atoms with Crippen LogP contribution in [-0.2, 0) is 10.0 Å². The molecule has 0 amide bonds. The number of halogens is 2. The van der Waals surface area contributed by atoms with Gasteiger partial charge in [-0.05, 0) is 12.1 Å². The number of anilines is 2. The Balaban J connectivity index is 2.36. The zero-order valence-electron chi connectivity index (χ0n) is 9.21. The van der Waals surface area contributed by atoms with Gasteiger partial charge in [0.15, 0.2) is 11.0 Å². The predicted octanol–water partition coefficient (Wildman–Crippen LogP) is 1.56. The van der Waals surface area contributed by atoms with Crippen LogP contribution in [0.15, 0.2) is 29.6 Å². The van der Waals surface area contributed by atoms with Crippen molar-refractivity contribution in [3.05, 3.63) is 34.8 Å². The van der Waals surface area contributed by atoms with Gasteiger partial charge in [-0.3, -0.25) is 4.72 Å². The van der Waals surface area contributed by atoms with Gasteiger partial charge in [0, 0.05) is 6.20 Å². The summed E-state index contributed by atoms with van der Waals surface area (Å²) in [6.07, 6.45) is 2.21. The summed E-state index contributed by atoms with van der Waals surface area (Å²) in [7, 11) is -3.87. The van der Waals surface area contributed by atoms with Gasteiger partial charge >= 0.3 is 0 Å². The summed E-state index contributed by atoms with van der Waals surface area (Å²) in [6.45, 7) is 0. The van der Waals surface area contributed by atoms with E-state index in [1.807, 2.05) is 0 Å². The molecule has 0 unspecified atom stereocenters. The molecule has 0 aliphatic carbocycles. The molecule has 0 radical (unpaired) electrons. The Morgan fingerprint density at radius 3 is 2.53 bits per heavy atom. The van der Waals surface area contributed by atoms with Crippen molar-refractivity contribution in [2.75, 3.05) is 10.5 Å². The number of hydrogen-bond donors (Lipinski definition) is 2. The van der Waals surface area contributed by atoms with Crippen molar-refractivity contribution >= 4 is 44.9 Å². The number of nitrogen functional groups attached to an aromatic ring is 1. The van der Waals surface area contributed by atoms with Crippen LogP contribution in [0, 0.1) is 0 Å². The Bertz CT molecular complexity index is 705. The Morgan fingerprint density at radius 1 is 1.16 bits per heavy atom. The Kier molecular flexibility index (Phi) is 3.74. The number of nitrogens with zero attached hydrogens (tertiary/aromatic N) is 3.